The minimum atomic E-state index is -3.97. The van der Waals surface area contributed by atoms with Gasteiger partial charge in [0.1, 0.15) is 11.8 Å². The zero-order valence-corrected chi connectivity index (χ0v) is 16.5. The Morgan fingerprint density at radius 1 is 1.22 bits per heavy atom. The molecule has 1 amide bonds. The molecule has 1 atom stereocenters. The molecule has 1 aromatic carbocycles. The van der Waals surface area contributed by atoms with Crippen LogP contribution in [0.3, 0.4) is 0 Å². The number of hydrogen-bond donors (Lipinski definition) is 1. The molecule has 2 rings (SSSR count). The predicted molar refractivity (Wildman–Crippen MR) is 102 cm³/mol. The summed E-state index contributed by atoms with van der Waals surface area (Å²) in [5.41, 5.74) is 6.22. The maximum atomic E-state index is 13.3. The van der Waals surface area contributed by atoms with Crippen LogP contribution < -0.4 is 10.5 Å². The highest BCUT2D eigenvalue weighted by atomic mass is 32.2. The fourth-order valence-corrected chi connectivity index (χ4v) is 4.53. The number of ether oxygens (including phenoxy) is 1. The number of benzene rings is 1. The molecular formula is C19H25N3O4S. The molecule has 8 heteroatoms. The summed E-state index contributed by atoms with van der Waals surface area (Å²) in [6.07, 6.45) is 3.17. The van der Waals surface area contributed by atoms with E-state index >= 15 is 0 Å². The number of hydrogen-bond acceptors (Lipinski definition) is 5. The van der Waals surface area contributed by atoms with E-state index in [9.17, 15) is 13.2 Å². The van der Waals surface area contributed by atoms with Crippen LogP contribution in [0, 0.1) is 5.92 Å². The molecule has 0 unspecified atom stereocenters. The van der Waals surface area contributed by atoms with Gasteiger partial charge >= 0.3 is 0 Å². The van der Waals surface area contributed by atoms with Crippen molar-refractivity contribution in [2.75, 3.05) is 6.61 Å². The van der Waals surface area contributed by atoms with Crippen molar-refractivity contribution in [2.45, 2.75) is 38.3 Å². The van der Waals surface area contributed by atoms with Crippen LogP contribution in [0.1, 0.15) is 26.3 Å². The average molecular weight is 391 g/mol. The molecule has 0 saturated heterocycles. The summed E-state index contributed by atoms with van der Waals surface area (Å²) in [7, 11) is -3.97. The molecule has 1 aromatic heterocycles. The maximum Gasteiger partial charge on any atom is 0.244 e. The van der Waals surface area contributed by atoms with Gasteiger partial charge in [-0.3, -0.25) is 9.78 Å². The normalized spacial score (nSPS) is 12.9. The lowest BCUT2D eigenvalue weighted by molar-refractivity contribution is -0.123. The SMILES string of the molecule is CCOc1ccc(S(=O)(=O)N(Cc2cccnc2)[C@@H](C(N)=O)C(C)C)cc1. The van der Waals surface area contributed by atoms with E-state index < -0.39 is 22.0 Å². The summed E-state index contributed by atoms with van der Waals surface area (Å²) in [4.78, 5) is 16.2. The summed E-state index contributed by atoms with van der Waals surface area (Å²) < 4.78 is 33.1. The second-order valence-corrected chi connectivity index (χ2v) is 8.30. The van der Waals surface area contributed by atoms with Crippen LogP contribution in [-0.2, 0) is 21.4 Å². The number of carbonyl (C=O) groups is 1. The van der Waals surface area contributed by atoms with Gasteiger partial charge in [-0.1, -0.05) is 19.9 Å². The average Bonchev–Trinajstić information content (AvgIpc) is 2.62. The molecule has 0 spiro atoms. The van der Waals surface area contributed by atoms with Gasteiger partial charge in [0.05, 0.1) is 11.5 Å². The zero-order valence-electron chi connectivity index (χ0n) is 15.7. The molecule has 0 aliphatic heterocycles. The van der Waals surface area contributed by atoms with Crippen molar-refractivity contribution >= 4 is 15.9 Å². The van der Waals surface area contributed by atoms with Crippen molar-refractivity contribution in [3.63, 3.8) is 0 Å². The molecule has 0 radical (unpaired) electrons. The van der Waals surface area contributed by atoms with Gasteiger partial charge in [0, 0.05) is 18.9 Å². The second-order valence-electron chi connectivity index (χ2n) is 6.41. The van der Waals surface area contributed by atoms with Gasteiger partial charge in [-0.25, -0.2) is 8.42 Å². The minimum absolute atomic E-state index is 0.00479. The lowest BCUT2D eigenvalue weighted by Gasteiger charge is -2.31. The number of rotatable bonds is 9. The quantitative estimate of drug-likeness (QED) is 0.706. The van der Waals surface area contributed by atoms with Crippen LogP contribution in [0.2, 0.25) is 0 Å². The van der Waals surface area contributed by atoms with Gasteiger partial charge in [-0.05, 0) is 48.7 Å². The number of sulfonamides is 1. The minimum Gasteiger partial charge on any atom is -0.494 e. The van der Waals surface area contributed by atoms with Crippen LogP contribution in [-0.4, -0.2) is 36.3 Å². The summed E-state index contributed by atoms with van der Waals surface area (Å²) in [6.45, 7) is 5.85. The monoisotopic (exact) mass is 391 g/mol. The van der Waals surface area contributed by atoms with E-state index in [1.54, 1.807) is 50.5 Å². The first kappa shape index (κ1) is 20.9. The standard InChI is InChI=1S/C19H25N3O4S/c1-4-26-16-7-9-17(10-8-16)27(24,25)22(18(14(2)3)19(20)23)13-15-6-5-11-21-12-15/h5-12,14,18H,4,13H2,1-3H3,(H2,20,23)/t18-/m1/s1. The van der Waals surface area contributed by atoms with E-state index in [0.717, 1.165) is 4.31 Å². The highest BCUT2D eigenvalue weighted by molar-refractivity contribution is 7.89. The second kappa shape index (κ2) is 8.96. The third-order valence-corrected chi connectivity index (χ3v) is 5.88. The summed E-state index contributed by atoms with van der Waals surface area (Å²) in [6, 6.07) is 8.60. The zero-order chi connectivity index (χ0) is 20.0. The number of aromatic nitrogens is 1. The highest BCUT2D eigenvalue weighted by Gasteiger charge is 2.36. The number of primary amides is 1. The van der Waals surface area contributed by atoms with Gasteiger partial charge in [0.25, 0.3) is 0 Å². The molecule has 27 heavy (non-hydrogen) atoms. The third-order valence-electron chi connectivity index (χ3n) is 4.04. The Balaban J connectivity index is 2.48. The van der Waals surface area contributed by atoms with Gasteiger partial charge in [-0.2, -0.15) is 4.31 Å². The smallest absolute Gasteiger partial charge is 0.244 e. The van der Waals surface area contributed by atoms with Crippen molar-refractivity contribution in [1.29, 1.82) is 0 Å². The molecule has 0 saturated carbocycles. The molecule has 1 heterocycles. The van der Waals surface area contributed by atoms with Crippen LogP contribution in [0.4, 0.5) is 0 Å². The van der Waals surface area contributed by atoms with Crippen molar-refractivity contribution in [1.82, 2.24) is 9.29 Å². The first-order valence-electron chi connectivity index (χ1n) is 8.70. The Hall–Kier alpha value is -2.45. The van der Waals surface area contributed by atoms with Crippen molar-refractivity contribution in [3.8, 4) is 5.75 Å². The molecule has 2 N–H and O–H groups in total. The molecule has 146 valence electrons. The molecule has 0 bridgehead atoms. The Kier molecular flexibility index (Phi) is 6.92. The molecule has 0 aliphatic rings. The Morgan fingerprint density at radius 2 is 1.89 bits per heavy atom. The molecule has 7 nitrogen and oxygen atoms in total. The molecular weight excluding hydrogens is 366 g/mol. The van der Waals surface area contributed by atoms with E-state index in [2.05, 4.69) is 4.98 Å². The molecule has 0 fully saturated rings. The predicted octanol–water partition coefficient (Wildman–Crippen LogP) is 2.18. The maximum absolute atomic E-state index is 13.3. The third kappa shape index (κ3) is 5.05. The number of nitrogens with two attached hydrogens (primary N) is 1. The Morgan fingerprint density at radius 3 is 2.37 bits per heavy atom. The fraction of sp³-hybridized carbons (Fsp3) is 0.368. The fourth-order valence-electron chi connectivity index (χ4n) is 2.82. The number of pyridine rings is 1. The van der Waals surface area contributed by atoms with E-state index in [4.69, 9.17) is 10.5 Å². The van der Waals surface area contributed by atoms with E-state index in [-0.39, 0.29) is 17.4 Å². The largest absolute Gasteiger partial charge is 0.494 e. The van der Waals surface area contributed by atoms with Crippen molar-refractivity contribution in [3.05, 3.63) is 54.4 Å². The van der Waals surface area contributed by atoms with Crippen molar-refractivity contribution < 1.29 is 17.9 Å². The van der Waals surface area contributed by atoms with Gasteiger partial charge in [-0.15, -0.1) is 0 Å². The Bertz CT molecular complexity index is 852. The van der Waals surface area contributed by atoms with Crippen LogP contribution in [0.15, 0.2) is 53.7 Å². The summed E-state index contributed by atoms with van der Waals surface area (Å²) in [5.74, 6) is -0.411. The van der Waals surface area contributed by atoms with Crippen molar-refractivity contribution in [2.24, 2.45) is 11.7 Å². The number of amides is 1. The number of nitrogens with zero attached hydrogens (tertiary/aromatic N) is 2. The lowest BCUT2D eigenvalue weighted by Crippen LogP contribution is -2.50. The highest BCUT2D eigenvalue weighted by Crippen LogP contribution is 2.26. The molecule has 2 aromatic rings. The van der Waals surface area contributed by atoms with Crippen LogP contribution in [0.5, 0.6) is 5.75 Å². The summed E-state index contributed by atoms with van der Waals surface area (Å²) in [5, 5.41) is 0. The van der Waals surface area contributed by atoms with E-state index in [1.807, 2.05) is 6.92 Å². The first-order chi connectivity index (χ1) is 12.8. The van der Waals surface area contributed by atoms with E-state index in [1.165, 1.54) is 12.1 Å². The van der Waals surface area contributed by atoms with E-state index in [0.29, 0.717) is 17.9 Å². The van der Waals surface area contributed by atoms with Gasteiger partial charge < -0.3 is 10.5 Å². The van der Waals surface area contributed by atoms with Gasteiger partial charge in [0.15, 0.2) is 0 Å². The topological polar surface area (TPSA) is 103 Å². The Labute approximate surface area is 160 Å². The van der Waals surface area contributed by atoms with Gasteiger partial charge in [0.2, 0.25) is 15.9 Å². The number of carbonyl (C=O) groups excluding carboxylic acids is 1. The molecule has 0 aliphatic carbocycles. The first-order valence-corrected chi connectivity index (χ1v) is 10.1. The van der Waals surface area contributed by atoms with Crippen LogP contribution in [0.25, 0.3) is 0 Å². The lowest BCUT2D eigenvalue weighted by atomic mass is 10.0. The summed E-state index contributed by atoms with van der Waals surface area (Å²) >= 11 is 0. The van der Waals surface area contributed by atoms with Crippen LogP contribution >= 0.6 is 0 Å².